The van der Waals surface area contributed by atoms with Crippen LogP contribution in [0.3, 0.4) is 0 Å². The molecular formula is C8H18N2O2S. The number of hydrogen-bond donors (Lipinski definition) is 2. The van der Waals surface area contributed by atoms with Gasteiger partial charge in [0.2, 0.25) is 0 Å². The quantitative estimate of drug-likeness (QED) is 0.458. The molecule has 0 spiro atoms. The molecule has 0 heterocycles. The van der Waals surface area contributed by atoms with E-state index in [4.69, 9.17) is 21.7 Å². The summed E-state index contributed by atoms with van der Waals surface area (Å²) in [5, 5.41) is 6.44. The van der Waals surface area contributed by atoms with E-state index in [9.17, 15) is 0 Å². The van der Waals surface area contributed by atoms with Crippen molar-refractivity contribution in [1.29, 1.82) is 0 Å². The molecule has 0 amide bonds. The Hall–Kier alpha value is -0.390. The minimum Gasteiger partial charge on any atom is -0.379 e. The first-order valence-electron chi connectivity index (χ1n) is 4.42. The van der Waals surface area contributed by atoms with Crippen LogP contribution in [0.1, 0.15) is 6.92 Å². The molecule has 0 rings (SSSR count). The number of hydrogen-bond acceptors (Lipinski definition) is 3. The molecule has 0 unspecified atom stereocenters. The van der Waals surface area contributed by atoms with Gasteiger partial charge in [-0.3, -0.25) is 0 Å². The minimum atomic E-state index is 0.641. The predicted molar refractivity (Wildman–Crippen MR) is 57.0 cm³/mol. The lowest BCUT2D eigenvalue weighted by molar-refractivity contribution is 0.0550. The van der Waals surface area contributed by atoms with Gasteiger partial charge in [-0.2, -0.15) is 0 Å². The van der Waals surface area contributed by atoms with Gasteiger partial charge in [-0.1, -0.05) is 0 Å². The van der Waals surface area contributed by atoms with Crippen LogP contribution in [0.4, 0.5) is 0 Å². The second-order valence-electron chi connectivity index (χ2n) is 2.32. The van der Waals surface area contributed by atoms with Crippen molar-refractivity contribution in [2.45, 2.75) is 6.92 Å². The van der Waals surface area contributed by atoms with E-state index in [1.54, 1.807) is 7.05 Å². The summed E-state index contributed by atoms with van der Waals surface area (Å²) in [5.41, 5.74) is 0. The Morgan fingerprint density at radius 1 is 1.23 bits per heavy atom. The third kappa shape index (κ3) is 9.52. The van der Waals surface area contributed by atoms with Crippen molar-refractivity contribution in [3.8, 4) is 0 Å². The molecule has 0 radical (unpaired) electrons. The van der Waals surface area contributed by atoms with Gasteiger partial charge in [-0.05, 0) is 19.1 Å². The Bertz CT molecular complexity index is 133. The average molecular weight is 206 g/mol. The van der Waals surface area contributed by atoms with Crippen LogP contribution in [-0.4, -0.2) is 45.1 Å². The molecule has 5 heteroatoms. The third-order valence-electron chi connectivity index (χ3n) is 1.34. The second kappa shape index (κ2) is 9.70. The standard InChI is InChI=1S/C8H18N2O2S/c1-3-11-6-7-12-5-4-10-8(13)9-2/h3-7H2,1-2H3,(H2,9,10,13). The number of ether oxygens (including phenoxy) is 2. The lowest BCUT2D eigenvalue weighted by Crippen LogP contribution is -2.34. The van der Waals surface area contributed by atoms with Crippen molar-refractivity contribution in [3.63, 3.8) is 0 Å². The summed E-state index contributed by atoms with van der Waals surface area (Å²) in [6, 6.07) is 0. The zero-order chi connectivity index (χ0) is 9.94. The molecule has 0 aromatic carbocycles. The van der Waals surface area contributed by atoms with Gasteiger partial charge in [0, 0.05) is 20.2 Å². The van der Waals surface area contributed by atoms with Crippen LogP contribution in [0.25, 0.3) is 0 Å². The van der Waals surface area contributed by atoms with E-state index in [-0.39, 0.29) is 0 Å². The van der Waals surface area contributed by atoms with E-state index in [0.717, 1.165) is 13.2 Å². The lowest BCUT2D eigenvalue weighted by atomic mass is 10.6. The molecule has 0 saturated heterocycles. The zero-order valence-corrected chi connectivity index (χ0v) is 9.08. The highest BCUT2D eigenvalue weighted by Crippen LogP contribution is 1.77. The van der Waals surface area contributed by atoms with Gasteiger partial charge in [0.1, 0.15) is 0 Å². The molecular weight excluding hydrogens is 188 g/mol. The molecule has 0 aliphatic rings. The monoisotopic (exact) mass is 206 g/mol. The Morgan fingerprint density at radius 2 is 1.92 bits per heavy atom. The van der Waals surface area contributed by atoms with Gasteiger partial charge < -0.3 is 20.1 Å². The van der Waals surface area contributed by atoms with E-state index in [0.29, 0.717) is 24.9 Å². The first-order valence-corrected chi connectivity index (χ1v) is 4.83. The zero-order valence-electron chi connectivity index (χ0n) is 8.26. The molecule has 0 aromatic heterocycles. The van der Waals surface area contributed by atoms with Gasteiger partial charge in [0.15, 0.2) is 5.11 Å². The van der Waals surface area contributed by atoms with Gasteiger partial charge >= 0.3 is 0 Å². The maximum absolute atomic E-state index is 5.26. The van der Waals surface area contributed by atoms with E-state index in [1.807, 2.05) is 6.92 Å². The number of thiocarbonyl (C=S) groups is 1. The van der Waals surface area contributed by atoms with Gasteiger partial charge in [-0.15, -0.1) is 0 Å². The molecule has 0 atom stereocenters. The highest BCUT2D eigenvalue weighted by atomic mass is 32.1. The molecule has 0 bridgehead atoms. The van der Waals surface area contributed by atoms with Crippen LogP contribution in [0.15, 0.2) is 0 Å². The Morgan fingerprint density at radius 3 is 2.54 bits per heavy atom. The van der Waals surface area contributed by atoms with Crippen LogP contribution in [0.2, 0.25) is 0 Å². The van der Waals surface area contributed by atoms with Crippen LogP contribution < -0.4 is 10.6 Å². The molecule has 2 N–H and O–H groups in total. The average Bonchev–Trinajstić information content (AvgIpc) is 2.16. The highest BCUT2D eigenvalue weighted by Gasteiger charge is 1.90. The Labute approximate surface area is 85.0 Å². The van der Waals surface area contributed by atoms with E-state index in [2.05, 4.69) is 10.6 Å². The first kappa shape index (κ1) is 12.6. The maximum atomic E-state index is 5.26. The molecule has 0 aliphatic carbocycles. The minimum absolute atomic E-state index is 0.641. The van der Waals surface area contributed by atoms with E-state index >= 15 is 0 Å². The fourth-order valence-corrected chi connectivity index (χ4v) is 0.791. The molecule has 0 aliphatic heterocycles. The SMILES string of the molecule is CCOCCOCCNC(=S)NC. The summed E-state index contributed by atoms with van der Waals surface area (Å²) < 4.78 is 10.4. The topological polar surface area (TPSA) is 42.5 Å². The van der Waals surface area contributed by atoms with Crippen molar-refractivity contribution in [1.82, 2.24) is 10.6 Å². The van der Waals surface area contributed by atoms with Crippen molar-refractivity contribution in [2.24, 2.45) is 0 Å². The van der Waals surface area contributed by atoms with Crippen LogP contribution >= 0.6 is 12.2 Å². The van der Waals surface area contributed by atoms with Crippen molar-refractivity contribution in [3.05, 3.63) is 0 Å². The fraction of sp³-hybridized carbons (Fsp3) is 0.875. The molecule has 0 aromatic rings. The highest BCUT2D eigenvalue weighted by molar-refractivity contribution is 7.80. The van der Waals surface area contributed by atoms with Crippen LogP contribution in [0, 0.1) is 0 Å². The van der Waals surface area contributed by atoms with Crippen molar-refractivity contribution < 1.29 is 9.47 Å². The van der Waals surface area contributed by atoms with Gasteiger partial charge in [0.05, 0.1) is 19.8 Å². The van der Waals surface area contributed by atoms with E-state index in [1.165, 1.54) is 0 Å². The van der Waals surface area contributed by atoms with Crippen molar-refractivity contribution >= 4 is 17.3 Å². The summed E-state index contributed by atoms with van der Waals surface area (Å²) in [6.07, 6.45) is 0. The molecule has 13 heavy (non-hydrogen) atoms. The third-order valence-corrected chi connectivity index (χ3v) is 1.68. The van der Waals surface area contributed by atoms with Crippen LogP contribution in [-0.2, 0) is 9.47 Å². The number of nitrogens with one attached hydrogen (secondary N) is 2. The van der Waals surface area contributed by atoms with Gasteiger partial charge in [0.25, 0.3) is 0 Å². The normalized spacial score (nSPS) is 9.69. The second-order valence-corrected chi connectivity index (χ2v) is 2.72. The van der Waals surface area contributed by atoms with E-state index < -0.39 is 0 Å². The summed E-state index contributed by atoms with van der Waals surface area (Å²) in [6.45, 7) is 5.38. The van der Waals surface area contributed by atoms with Crippen LogP contribution in [0.5, 0.6) is 0 Å². The molecule has 0 saturated carbocycles. The summed E-state index contributed by atoms with van der Waals surface area (Å²) in [4.78, 5) is 0. The summed E-state index contributed by atoms with van der Waals surface area (Å²) in [5.74, 6) is 0. The maximum Gasteiger partial charge on any atom is 0.166 e. The lowest BCUT2D eigenvalue weighted by Gasteiger charge is -2.07. The summed E-state index contributed by atoms with van der Waals surface area (Å²) in [7, 11) is 1.78. The molecule has 0 fully saturated rings. The Balaban J connectivity index is 2.95. The predicted octanol–water partition coefficient (Wildman–Crippen LogP) is 0.133. The Kier molecular flexibility index (Phi) is 9.41. The van der Waals surface area contributed by atoms with Crippen molar-refractivity contribution in [2.75, 3.05) is 40.0 Å². The van der Waals surface area contributed by atoms with Gasteiger partial charge in [-0.25, -0.2) is 0 Å². The molecule has 4 nitrogen and oxygen atoms in total. The summed E-state index contributed by atoms with van der Waals surface area (Å²) >= 11 is 4.87. The fourth-order valence-electron chi connectivity index (χ4n) is 0.689. The molecule has 78 valence electrons. The smallest absolute Gasteiger partial charge is 0.166 e. The largest absolute Gasteiger partial charge is 0.379 e. The first-order chi connectivity index (χ1) is 6.31. The number of rotatable bonds is 7.